The molecule has 0 saturated heterocycles. The van der Waals surface area contributed by atoms with Gasteiger partial charge in [0, 0.05) is 0 Å². The Morgan fingerprint density at radius 1 is 1.38 bits per heavy atom. The SMILES string of the molecule is Cc1cc(C(N)CO)c(C)cc1F. The molecule has 13 heavy (non-hydrogen) atoms. The summed E-state index contributed by atoms with van der Waals surface area (Å²) in [6.07, 6.45) is 0. The van der Waals surface area contributed by atoms with Crippen LogP contribution in [-0.2, 0) is 0 Å². The average Bonchev–Trinajstić information content (AvgIpc) is 2.10. The molecule has 1 aromatic rings. The van der Waals surface area contributed by atoms with E-state index in [0.717, 1.165) is 11.1 Å². The van der Waals surface area contributed by atoms with Crippen LogP contribution < -0.4 is 5.73 Å². The van der Waals surface area contributed by atoms with Gasteiger partial charge in [0.05, 0.1) is 12.6 Å². The number of benzene rings is 1. The Balaban J connectivity index is 3.15. The summed E-state index contributed by atoms with van der Waals surface area (Å²) in [6.45, 7) is 3.35. The Kier molecular flexibility index (Phi) is 3.01. The van der Waals surface area contributed by atoms with E-state index in [1.807, 2.05) is 0 Å². The molecule has 0 aliphatic heterocycles. The first-order chi connectivity index (χ1) is 6.06. The van der Waals surface area contributed by atoms with Crippen LogP contribution in [0.3, 0.4) is 0 Å². The van der Waals surface area contributed by atoms with Crippen molar-refractivity contribution in [2.24, 2.45) is 5.73 Å². The van der Waals surface area contributed by atoms with E-state index in [9.17, 15) is 4.39 Å². The minimum absolute atomic E-state index is 0.119. The number of halogens is 1. The molecule has 1 aromatic carbocycles. The van der Waals surface area contributed by atoms with Gasteiger partial charge < -0.3 is 10.8 Å². The molecule has 0 aliphatic rings. The summed E-state index contributed by atoms with van der Waals surface area (Å²) < 4.78 is 13.0. The monoisotopic (exact) mass is 183 g/mol. The van der Waals surface area contributed by atoms with Crippen LogP contribution in [0.25, 0.3) is 0 Å². The second-order valence-electron chi connectivity index (χ2n) is 3.25. The molecule has 0 radical (unpaired) electrons. The molecule has 3 heteroatoms. The van der Waals surface area contributed by atoms with Crippen molar-refractivity contribution in [2.75, 3.05) is 6.61 Å². The van der Waals surface area contributed by atoms with Crippen molar-refractivity contribution < 1.29 is 9.50 Å². The highest BCUT2D eigenvalue weighted by Gasteiger charge is 2.10. The van der Waals surface area contributed by atoms with Gasteiger partial charge in [-0.1, -0.05) is 6.07 Å². The van der Waals surface area contributed by atoms with Gasteiger partial charge in [-0.2, -0.15) is 0 Å². The Labute approximate surface area is 77.2 Å². The Morgan fingerprint density at radius 3 is 2.54 bits per heavy atom. The van der Waals surface area contributed by atoms with Crippen molar-refractivity contribution in [3.05, 3.63) is 34.6 Å². The van der Waals surface area contributed by atoms with Crippen LogP contribution in [0.2, 0.25) is 0 Å². The maximum absolute atomic E-state index is 13.0. The molecule has 0 spiro atoms. The van der Waals surface area contributed by atoms with Crippen molar-refractivity contribution in [3.63, 3.8) is 0 Å². The number of hydrogen-bond donors (Lipinski definition) is 2. The molecule has 72 valence electrons. The molecule has 2 nitrogen and oxygen atoms in total. The molecular weight excluding hydrogens is 169 g/mol. The molecular formula is C10H14FNO. The first-order valence-corrected chi connectivity index (χ1v) is 4.19. The molecule has 3 N–H and O–H groups in total. The van der Waals surface area contributed by atoms with E-state index in [-0.39, 0.29) is 12.4 Å². The minimum atomic E-state index is -0.417. The Morgan fingerprint density at radius 2 is 2.00 bits per heavy atom. The zero-order chi connectivity index (χ0) is 10.0. The van der Waals surface area contributed by atoms with Gasteiger partial charge in [0.15, 0.2) is 0 Å². The van der Waals surface area contributed by atoms with Gasteiger partial charge in [0.25, 0.3) is 0 Å². The number of aryl methyl sites for hydroxylation is 2. The third-order valence-corrected chi connectivity index (χ3v) is 2.14. The van der Waals surface area contributed by atoms with E-state index in [2.05, 4.69) is 0 Å². The number of nitrogens with two attached hydrogens (primary N) is 1. The van der Waals surface area contributed by atoms with E-state index in [1.165, 1.54) is 6.07 Å². The third kappa shape index (κ3) is 2.05. The van der Waals surface area contributed by atoms with Crippen molar-refractivity contribution >= 4 is 0 Å². The Bertz CT molecular complexity index is 312. The standard InChI is InChI=1S/C10H14FNO/c1-6-4-9(11)7(2)3-8(6)10(12)5-13/h3-4,10,13H,5,12H2,1-2H3. The van der Waals surface area contributed by atoms with Crippen LogP contribution in [-0.4, -0.2) is 11.7 Å². The highest BCUT2D eigenvalue weighted by molar-refractivity contribution is 5.33. The molecule has 0 fully saturated rings. The lowest BCUT2D eigenvalue weighted by molar-refractivity contribution is 0.267. The van der Waals surface area contributed by atoms with Crippen molar-refractivity contribution in [3.8, 4) is 0 Å². The fourth-order valence-electron chi connectivity index (χ4n) is 1.30. The summed E-state index contributed by atoms with van der Waals surface area (Å²) in [6, 6.07) is 2.71. The molecule has 0 heterocycles. The van der Waals surface area contributed by atoms with E-state index >= 15 is 0 Å². The van der Waals surface area contributed by atoms with Gasteiger partial charge in [-0.05, 0) is 36.6 Å². The molecule has 0 amide bonds. The minimum Gasteiger partial charge on any atom is -0.394 e. The van der Waals surface area contributed by atoms with Crippen LogP contribution in [0, 0.1) is 19.7 Å². The lowest BCUT2D eigenvalue weighted by atomic mass is 9.99. The quantitative estimate of drug-likeness (QED) is 0.728. The summed E-state index contributed by atoms with van der Waals surface area (Å²) in [7, 11) is 0. The van der Waals surface area contributed by atoms with Gasteiger partial charge in [-0.25, -0.2) is 4.39 Å². The summed E-state index contributed by atoms with van der Waals surface area (Å²) in [4.78, 5) is 0. The average molecular weight is 183 g/mol. The van der Waals surface area contributed by atoms with Crippen LogP contribution in [0.4, 0.5) is 4.39 Å². The van der Waals surface area contributed by atoms with Gasteiger partial charge in [0.1, 0.15) is 5.82 Å². The van der Waals surface area contributed by atoms with Gasteiger partial charge in [-0.3, -0.25) is 0 Å². The molecule has 0 aliphatic carbocycles. The molecule has 1 unspecified atom stereocenters. The first-order valence-electron chi connectivity index (χ1n) is 4.19. The molecule has 0 aromatic heterocycles. The number of aliphatic hydroxyl groups is 1. The lowest BCUT2D eigenvalue weighted by Crippen LogP contribution is -2.16. The van der Waals surface area contributed by atoms with E-state index in [1.54, 1.807) is 19.9 Å². The van der Waals surface area contributed by atoms with E-state index < -0.39 is 6.04 Å². The normalized spacial score (nSPS) is 13.0. The molecule has 0 bridgehead atoms. The number of rotatable bonds is 2. The largest absolute Gasteiger partial charge is 0.394 e. The summed E-state index contributed by atoms with van der Waals surface area (Å²) in [5.74, 6) is -0.230. The number of hydrogen-bond acceptors (Lipinski definition) is 2. The highest BCUT2D eigenvalue weighted by atomic mass is 19.1. The number of aliphatic hydroxyl groups excluding tert-OH is 1. The lowest BCUT2D eigenvalue weighted by Gasteiger charge is -2.13. The van der Waals surface area contributed by atoms with Crippen LogP contribution in [0.5, 0.6) is 0 Å². The smallest absolute Gasteiger partial charge is 0.126 e. The van der Waals surface area contributed by atoms with Crippen molar-refractivity contribution in [2.45, 2.75) is 19.9 Å². The Hall–Kier alpha value is -0.930. The van der Waals surface area contributed by atoms with Crippen LogP contribution in [0.15, 0.2) is 12.1 Å². The highest BCUT2D eigenvalue weighted by Crippen LogP contribution is 2.19. The zero-order valence-corrected chi connectivity index (χ0v) is 7.84. The third-order valence-electron chi connectivity index (χ3n) is 2.14. The van der Waals surface area contributed by atoms with Crippen molar-refractivity contribution in [1.29, 1.82) is 0 Å². The van der Waals surface area contributed by atoms with Gasteiger partial charge in [-0.15, -0.1) is 0 Å². The summed E-state index contributed by atoms with van der Waals surface area (Å²) in [5, 5.41) is 8.85. The van der Waals surface area contributed by atoms with E-state index in [0.29, 0.717) is 5.56 Å². The van der Waals surface area contributed by atoms with Gasteiger partial charge >= 0.3 is 0 Å². The fraction of sp³-hybridized carbons (Fsp3) is 0.400. The summed E-state index contributed by atoms with van der Waals surface area (Å²) >= 11 is 0. The topological polar surface area (TPSA) is 46.2 Å². The predicted molar refractivity (Wildman–Crippen MR) is 49.9 cm³/mol. The molecule has 1 atom stereocenters. The van der Waals surface area contributed by atoms with Crippen LogP contribution in [0.1, 0.15) is 22.7 Å². The van der Waals surface area contributed by atoms with Gasteiger partial charge in [0.2, 0.25) is 0 Å². The molecule has 1 rings (SSSR count). The maximum Gasteiger partial charge on any atom is 0.126 e. The van der Waals surface area contributed by atoms with E-state index in [4.69, 9.17) is 10.8 Å². The fourth-order valence-corrected chi connectivity index (χ4v) is 1.30. The second-order valence-corrected chi connectivity index (χ2v) is 3.25. The second kappa shape index (κ2) is 3.85. The van der Waals surface area contributed by atoms with Crippen LogP contribution >= 0.6 is 0 Å². The first kappa shape index (κ1) is 10.2. The zero-order valence-electron chi connectivity index (χ0n) is 7.84. The molecule has 0 saturated carbocycles. The summed E-state index contributed by atoms with van der Waals surface area (Å²) in [5.41, 5.74) is 7.79. The predicted octanol–water partition coefficient (Wildman–Crippen LogP) is 1.43. The van der Waals surface area contributed by atoms with Crippen molar-refractivity contribution in [1.82, 2.24) is 0 Å². The maximum atomic E-state index is 13.0.